The third-order valence-corrected chi connectivity index (χ3v) is 5.08. The van der Waals surface area contributed by atoms with E-state index in [-0.39, 0.29) is 23.7 Å². The standard InChI is InChI=1S/C19H18FN7O/c20-15-9-14(11-22-12-15)16-1-6-24-27(16)19(28)13-3-7-26(8-4-13)18-2-5-23-17(10-21)25-18/h2,5-6,9,11-13,16H,1,3-4,7-8H2/t16-/m0/s1. The number of rotatable bonds is 3. The number of pyridine rings is 1. The molecule has 0 aromatic carbocycles. The smallest absolute Gasteiger partial charge is 0.246 e. The van der Waals surface area contributed by atoms with Crippen LogP contribution >= 0.6 is 0 Å². The van der Waals surface area contributed by atoms with Gasteiger partial charge in [-0.05, 0) is 30.5 Å². The van der Waals surface area contributed by atoms with Gasteiger partial charge in [0.05, 0.1) is 12.2 Å². The van der Waals surface area contributed by atoms with E-state index in [2.05, 4.69) is 20.1 Å². The van der Waals surface area contributed by atoms with Crippen LogP contribution in [0.3, 0.4) is 0 Å². The van der Waals surface area contributed by atoms with Crippen LogP contribution in [-0.4, -0.2) is 45.2 Å². The largest absolute Gasteiger partial charge is 0.356 e. The molecule has 142 valence electrons. The zero-order valence-electron chi connectivity index (χ0n) is 15.1. The van der Waals surface area contributed by atoms with E-state index in [1.165, 1.54) is 11.1 Å². The number of nitrogens with zero attached hydrogens (tertiary/aromatic N) is 7. The molecule has 0 spiro atoms. The monoisotopic (exact) mass is 379 g/mol. The van der Waals surface area contributed by atoms with Crippen molar-refractivity contribution in [2.75, 3.05) is 18.0 Å². The molecule has 0 unspecified atom stereocenters. The maximum Gasteiger partial charge on any atom is 0.246 e. The molecule has 0 saturated carbocycles. The zero-order chi connectivity index (χ0) is 19.5. The molecule has 4 heterocycles. The van der Waals surface area contributed by atoms with Crippen molar-refractivity contribution in [3.8, 4) is 6.07 Å². The molecule has 2 aliphatic rings. The number of carbonyl (C=O) groups excluding carboxylic acids is 1. The summed E-state index contributed by atoms with van der Waals surface area (Å²) in [6.07, 6.45) is 7.84. The van der Waals surface area contributed by atoms with Crippen LogP contribution in [0.1, 0.15) is 36.7 Å². The van der Waals surface area contributed by atoms with E-state index in [9.17, 15) is 9.18 Å². The van der Waals surface area contributed by atoms with Gasteiger partial charge in [0.25, 0.3) is 0 Å². The first-order valence-electron chi connectivity index (χ1n) is 9.10. The number of hydrazone groups is 1. The van der Waals surface area contributed by atoms with Crippen LogP contribution in [0.25, 0.3) is 0 Å². The topological polar surface area (TPSA) is 98.4 Å². The third kappa shape index (κ3) is 3.53. The number of carbonyl (C=O) groups is 1. The first-order chi connectivity index (χ1) is 13.7. The van der Waals surface area contributed by atoms with Crippen molar-refractivity contribution in [2.24, 2.45) is 11.0 Å². The van der Waals surface area contributed by atoms with E-state index in [1.54, 1.807) is 24.7 Å². The summed E-state index contributed by atoms with van der Waals surface area (Å²) in [5, 5.41) is 14.7. The highest BCUT2D eigenvalue weighted by atomic mass is 19.1. The molecule has 9 heteroatoms. The number of hydrogen-bond donors (Lipinski definition) is 0. The maximum absolute atomic E-state index is 13.5. The second kappa shape index (κ2) is 7.68. The fourth-order valence-electron chi connectivity index (χ4n) is 3.64. The number of amides is 1. The quantitative estimate of drug-likeness (QED) is 0.810. The summed E-state index contributed by atoms with van der Waals surface area (Å²) in [6.45, 7) is 1.31. The van der Waals surface area contributed by atoms with Crippen LogP contribution < -0.4 is 4.90 Å². The Labute approximate surface area is 161 Å². The van der Waals surface area contributed by atoms with Crippen molar-refractivity contribution in [2.45, 2.75) is 25.3 Å². The van der Waals surface area contributed by atoms with Gasteiger partial charge in [-0.15, -0.1) is 0 Å². The second-order valence-corrected chi connectivity index (χ2v) is 6.78. The number of aromatic nitrogens is 3. The molecule has 2 aromatic heterocycles. The van der Waals surface area contributed by atoms with Gasteiger partial charge in [0, 0.05) is 44.0 Å². The number of anilines is 1. The summed E-state index contributed by atoms with van der Waals surface area (Å²) >= 11 is 0. The van der Waals surface area contributed by atoms with Crippen LogP contribution in [-0.2, 0) is 4.79 Å². The second-order valence-electron chi connectivity index (χ2n) is 6.78. The lowest BCUT2D eigenvalue weighted by Gasteiger charge is -2.34. The number of piperidine rings is 1. The summed E-state index contributed by atoms with van der Waals surface area (Å²) in [6, 6.07) is 4.79. The first-order valence-corrected chi connectivity index (χ1v) is 9.10. The van der Waals surface area contributed by atoms with E-state index in [0.717, 1.165) is 6.20 Å². The Kier molecular flexibility index (Phi) is 4.93. The Morgan fingerprint density at radius 3 is 2.86 bits per heavy atom. The van der Waals surface area contributed by atoms with Crippen molar-refractivity contribution in [1.82, 2.24) is 20.0 Å². The minimum Gasteiger partial charge on any atom is -0.356 e. The van der Waals surface area contributed by atoms with Crippen molar-refractivity contribution in [3.63, 3.8) is 0 Å². The molecule has 8 nitrogen and oxygen atoms in total. The van der Waals surface area contributed by atoms with Gasteiger partial charge in [0.15, 0.2) is 0 Å². The number of nitriles is 1. The SMILES string of the molecule is N#Cc1nccc(N2CCC(C(=O)N3N=CC[C@H]3c3cncc(F)c3)CC2)n1. The predicted molar refractivity (Wildman–Crippen MR) is 98.6 cm³/mol. The summed E-state index contributed by atoms with van der Waals surface area (Å²) in [7, 11) is 0. The zero-order valence-corrected chi connectivity index (χ0v) is 15.1. The Morgan fingerprint density at radius 1 is 1.29 bits per heavy atom. The normalized spacial score (nSPS) is 19.6. The predicted octanol–water partition coefficient (Wildman–Crippen LogP) is 2.06. The van der Waals surface area contributed by atoms with Crippen molar-refractivity contribution in [3.05, 3.63) is 47.9 Å². The Hall–Kier alpha value is -3.41. The van der Waals surface area contributed by atoms with Gasteiger partial charge in [0.1, 0.15) is 17.7 Å². The lowest BCUT2D eigenvalue weighted by atomic mass is 9.94. The van der Waals surface area contributed by atoms with Gasteiger partial charge in [-0.25, -0.2) is 19.4 Å². The van der Waals surface area contributed by atoms with Crippen molar-refractivity contribution < 1.29 is 9.18 Å². The van der Waals surface area contributed by atoms with E-state index >= 15 is 0 Å². The van der Waals surface area contributed by atoms with Crippen LogP contribution in [0.2, 0.25) is 0 Å². The maximum atomic E-state index is 13.5. The Balaban J connectivity index is 1.42. The van der Waals surface area contributed by atoms with E-state index in [0.29, 0.717) is 43.7 Å². The highest BCUT2D eigenvalue weighted by molar-refractivity contribution is 5.82. The average Bonchev–Trinajstić information content (AvgIpc) is 3.23. The van der Waals surface area contributed by atoms with E-state index < -0.39 is 5.82 Å². The van der Waals surface area contributed by atoms with Crippen LogP contribution in [0.5, 0.6) is 0 Å². The highest BCUT2D eigenvalue weighted by Crippen LogP contribution is 2.32. The lowest BCUT2D eigenvalue weighted by molar-refractivity contribution is -0.138. The summed E-state index contributed by atoms with van der Waals surface area (Å²) in [4.78, 5) is 27.1. The highest BCUT2D eigenvalue weighted by Gasteiger charge is 2.35. The minimum atomic E-state index is -0.424. The third-order valence-electron chi connectivity index (χ3n) is 5.08. The Bertz CT molecular complexity index is 949. The fraction of sp³-hybridized carbons (Fsp3) is 0.368. The molecule has 1 fully saturated rings. The van der Waals surface area contributed by atoms with Crippen molar-refractivity contribution >= 4 is 17.9 Å². The Morgan fingerprint density at radius 2 is 2.11 bits per heavy atom. The lowest BCUT2D eigenvalue weighted by Crippen LogP contribution is -2.41. The number of hydrogen-bond acceptors (Lipinski definition) is 7. The van der Waals surface area contributed by atoms with E-state index in [1.807, 2.05) is 11.0 Å². The van der Waals surface area contributed by atoms with Gasteiger partial charge < -0.3 is 4.90 Å². The van der Waals surface area contributed by atoms with Crippen LogP contribution in [0.4, 0.5) is 10.2 Å². The molecule has 28 heavy (non-hydrogen) atoms. The molecule has 0 radical (unpaired) electrons. The summed E-state index contributed by atoms with van der Waals surface area (Å²) in [5.74, 6) is 0.191. The summed E-state index contributed by atoms with van der Waals surface area (Å²) in [5.41, 5.74) is 0.647. The molecular formula is C19H18FN7O. The molecule has 1 saturated heterocycles. The minimum absolute atomic E-state index is 0.0527. The van der Waals surface area contributed by atoms with Gasteiger partial charge >= 0.3 is 0 Å². The van der Waals surface area contributed by atoms with Gasteiger partial charge in [-0.3, -0.25) is 9.78 Å². The molecule has 0 bridgehead atoms. The number of halogens is 1. The molecule has 0 aliphatic carbocycles. The molecule has 1 atom stereocenters. The van der Waals surface area contributed by atoms with Crippen LogP contribution in [0, 0.1) is 23.1 Å². The molecule has 1 amide bonds. The molecule has 4 rings (SSSR count). The van der Waals surface area contributed by atoms with E-state index in [4.69, 9.17) is 5.26 Å². The molecule has 2 aromatic rings. The van der Waals surface area contributed by atoms with Gasteiger partial charge in [-0.1, -0.05) is 0 Å². The van der Waals surface area contributed by atoms with Gasteiger partial charge in [-0.2, -0.15) is 10.4 Å². The van der Waals surface area contributed by atoms with Gasteiger partial charge in [0.2, 0.25) is 11.7 Å². The molecular weight excluding hydrogens is 361 g/mol. The van der Waals surface area contributed by atoms with Crippen molar-refractivity contribution in [1.29, 1.82) is 5.26 Å². The molecule has 0 N–H and O–H groups in total. The first kappa shape index (κ1) is 18.0. The summed E-state index contributed by atoms with van der Waals surface area (Å²) < 4.78 is 13.5. The average molecular weight is 379 g/mol. The van der Waals surface area contributed by atoms with Crippen LogP contribution in [0.15, 0.2) is 35.8 Å². The molecule has 2 aliphatic heterocycles. The fourth-order valence-corrected chi connectivity index (χ4v) is 3.64.